The highest BCUT2D eigenvalue weighted by atomic mass is 14.9. The Hall–Kier alpha value is -1.24. The summed E-state index contributed by atoms with van der Waals surface area (Å²) in [5.41, 5.74) is 4.17. The van der Waals surface area contributed by atoms with E-state index in [1.54, 1.807) is 0 Å². The fourth-order valence-electron chi connectivity index (χ4n) is 2.06. The molecule has 0 radical (unpaired) electrons. The summed E-state index contributed by atoms with van der Waals surface area (Å²) in [4.78, 5) is 0. The zero-order valence-electron chi connectivity index (χ0n) is 9.17. The molecule has 0 fully saturated rings. The second kappa shape index (κ2) is 3.49. The van der Waals surface area contributed by atoms with Gasteiger partial charge in [0.1, 0.15) is 0 Å². The van der Waals surface area contributed by atoms with Gasteiger partial charge >= 0.3 is 0 Å². The maximum atomic E-state index is 2.29. The molecule has 0 aliphatic rings. The molecular weight excluding hydrogens is 170 g/mol. The van der Waals surface area contributed by atoms with Gasteiger partial charge in [-0.25, -0.2) is 0 Å². The number of hydrogen-bond donors (Lipinski definition) is 0. The van der Waals surface area contributed by atoms with Gasteiger partial charge in [0, 0.05) is 24.1 Å². The van der Waals surface area contributed by atoms with Crippen molar-refractivity contribution in [1.29, 1.82) is 0 Å². The van der Waals surface area contributed by atoms with E-state index in [9.17, 15) is 0 Å². The predicted octanol–water partition coefficient (Wildman–Crippen LogP) is 3.44. The molecule has 1 nitrogen and oxygen atoms in total. The van der Waals surface area contributed by atoms with Crippen LogP contribution in [-0.2, 0) is 13.5 Å². The van der Waals surface area contributed by atoms with Gasteiger partial charge in [-0.1, -0.05) is 25.0 Å². The van der Waals surface area contributed by atoms with E-state index >= 15 is 0 Å². The van der Waals surface area contributed by atoms with E-state index in [0.717, 1.165) is 0 Å². The average molecular weight is 187 g/mol. The van der Waals surface area contributed by atoms with Gasteiger partial charge in [0.2, 0.25) is 0 Å². The van der Waals surface area contributed by atoms with E-state index < -0.39 is 0 Å². The number of nitrogens with zero attached hydrogens (tertiary/aromatic N) is 1. The summed E-state index contributed by atoms with van der Waals surface area (Å²) in [6, 6.07) is 6.68. The quantitative estimate of drug-likeness (QED) is 0.678. The highest BCUT2D eigenvalue weighted by Crippen LogP contribution is 2.22. The Bertz CT molecular complexity index is 451. The summed E-state index contributed by atoms with van der Waals surface area (Å²) in [5, 5.41) is 1.43. The lowest BCUT2D eigenvalue weighted by molar-refractivity contribution is 0.903. The van der Waals surface area contributed by atoms with Crippen LogP contribution in [0.1, 0.15) is 24.5 Å². The topological polar surface area (TPSA) is 4.93 Å². The summed E-state index contributed by atoms with van der Waals surface area (Å²) in [6.45, 7) is 4.39. The highest BCUT2D eigenvalue weighted by molar-refractivity contribution is 5.84. The number of aromatic nitrogens is 1. The van der Waals surface area contributed by atoms with Crippen LogP contribution in [0, 0.1) is 6.92 Å². The summed E-state index contributed by atoms with van der Waals surface area (Å²) >= 11 is 0. The van der Waals surface area contributed by atoms with Crippen molar-refractivity contribution in [2.24, 2.45) is 7.05 Å². The number of fused-ring (bicyclic) bond motifs is 1. The van der Waals surface area contributed by atoms with E-state index in [2.05, 4.69) is 49.9 Å². The molecule has 0 aliphatic heterocycles. The van der Waals surface area contributed by atoms with Gasteiger partial charge in [0.25, 0.3) is 0 Å². The Morgan fingerprint density at radius 2 is 2.07 bits per heavy atom. The molecule has 0 N–H and O–H groups in total. The maximum absolute atomic E-state index is 2.29. The first-order valence-corrected chi connectivity index (χ1v) is 5.27. The molecule has 1 heterocycles. The van der Waals surface area contributed by atoms with E-state index in [1.807, 2.05) is 0 Å². The van der Waals surface area contributed by atoms with Crippen LogP contribution in [0.2, 0.25) is 0 Å². The number of benzene rings is 1. The molecule has 74 valence electrons. The second-order valence-corrected chi connectivity index (χ2v) is 4.04. The number of hydrogen-bond acceptors (Lipinski definition) is 0. The second-order valence-electron chi connectivity index (χ2n) is 4.04. The molecule has 1 aromatic carbocycles. The molecule has 0 spiro atoms. The minimum atomic E-state index is 1.18. The lowest BCUT2D eigenvalue weighted by Crippen LogP contribution is -1.82. The van der Waals surface area contributed by atoms with Crippen molar-refractivity contribution >= 4 is 10.9 Å². The Kier molecular flexibility index (Phi) is 2.32. The first-order valence-electron chi connectivity index (χ1n) is 5.27. The molecule has 2 aromatic rings. The maximum Gasteiger partial charge on any atom is 0.0480 e. The van der Waals surface area contributed by atoms with Crippen molar-refractivity contribution in [1.82, 2.24) is 4.57 Å². The van der Waals surface area contributed by atoms with Crippen LogP contribution in [-0.4, -0.2) is 4.57 Å². The fourth-order valence-corrected chi connectivity index (χ4v) is 2.06. The molecular formula is C13H17N. The van der Waals surface area contributed by atoms with Crippen molar-refractivity contribution in [3.8, 4) is 0 Å². The lowest BCUT2D eigenvalue weighted by atomic mass is 10.1. The van der Waals surface area contributed by atoms with E-state index in [0.29, 0.717) is 0 Å². The minimum absolute atomic E-state index is 1.18. The van der Waals surface area contributed by atoms with Crippen LogP contribution in [0.4, 0.5) is 0 Å². The third-order valence-corrected chi connectivity index (χ3v) is 2.75. The summed E-state index contributed by atoms with van der Waals surface area (Å²) in [5.74, 6) is 0. The Morgan fingerprint density at radius 1 is 1.29 bits per heavy atom. The first kappa shape index (κ1) is 9.32. The van der Waals surface area contributed by atoms with Crippen LogP contribution in [0.5, 0.6) is 0 Å². The predicted molar refractivity (Wildman–Crippen MR) is 61.7 cm³/mol. The van der Waals surface area contributed by atoms with Gasteiger partial charge in [-0.15, -0.1) is 0 Å². The van der Waals surface area contributed by atoms with Gasteiger partial charge in [-0.05, 0) is 31.0 Å². The van der Waals surface area contributed by atoms with E-state index in [4.69, 9.17) is 0 Å². The van der Waals surface area contributed by atoms with Crippen molar-refractivity contribution in [3.63, 3.8) is 0 Å². The van der Waals surface area contributed by atoms with Crippen molar-refractivity contribution in [3.05, 3.63) is 35.5 Å². The molecule has 1 aromatic heterocycles. The average Bonchev–Trinajstić information content (AvgIpc) is 2.44. The largest absolute Gasteiger partial charge is 0.350 e. The van der Waals surface area contributed by atoms with Crippen LogP contribution in [0.15, 0.2) is 24.4 Å². The fraction of sp³-hybridized carbons (Fsp3) is 0.385. The van der Waals surface area contributed by atoms with Gasteiger partial charge in [-0.2, -0.15) is 0 Å². The van der Waals surface area contributed by atoms with E-state index in [-0.39, 0.29) is 0 Å². The monoisotopic (exact) mass is 187 g/mol. The van der Waals surface area contributed by atoms with Gasteiger partial charge in [0.15, 0.2) is 0 Å². The Morgan fingerprint density at radius 3 is 2.79 bits per heavy atom. The number of aryl methyl sites for hydroxylation is 3. The molecule has 0 saturated heterocycles. The molecule has 0 atom stereocenters. The van der Waals surface area contributed by atoms with Gasteiger partial charge in [-0.3, -0.25) is 0 Å². The summed E-state index contributed by atoms with van der Waals surface area (Å²) in [6.07, 6.45) is 4.65. The minimum Gasteiger partial charge on any atom is -0.350 e. The molecule has 2 rings (SSSR count). The molecule has 0 amide bonds. The number of rotatable bonds is 2. The molecule has 0 unspecified atom stereocenters. The first-order chi connectivity index (χ1) is 6.72. The van der Waals surface area contributed by atoms with Crippen molar-refractivity contribution < 1.29 is 0 Å². The normalized spacial score (nSPS) is 11.1. The SMILES string of the molecule is CCCc1cn(C)c2ccc(C)cc12. The van der Waals surface area contributed by atoms with Crippen LogP contribution < -0.4 is 0 Å². The van der Waals surface area contributed by atoms with Crippen molar-refractivity contribution in [2.45, 2.75) is 26.7 Å². The van der Waals surface area contributed by atoms with E-state index in [1.165, 1.54) is 34.9 Å². The third kappa shape index (κ3) is 1.43. The zero-order valence-corrected chi connectivity index (χ0v) is 9.17. The van der Waals surface area contributed by atoms with Crippen LogP contribution in [0.3, 0.4) is 0 Å². The standard InChI is InChI=1S/C13H17N/c1-4-5-11-9-14(3)13-7-6-10(2)8-12(11)13/h6-9H,4-5H2,1-3H3. The smallest absolute Gasteiger partial charge is 0.0480 e. The van der Waals surface area contributed by atoms with Gasteiger partial charge < -0.3 is 4.57 Å². The van der Waals surface area contributed by atoms with Crippen LogP contribution in [0.25, 0.3) is 10.9 Å². The Balaban J connectivity index is 2.66. The lowest BCUT2D eigenvalue weighted by Gasteiger charge is -1.98. The van der Waals surface area contributed by atoms with Gasteiger partial charge in [0.05, 0.1) is 0 Å². The summed E-state index contributed by atoms with van der Waals surface area (Å²) in [7, 11) is 2.12. The third-order valence-electron chi connectivity index (χ3n) is 2.75. The van der Waals surface area contributed by atoms with Crippen molar-refractivity contribution in [2.75, 3.05) is 0 Å². The molecule has 0 saturated carbocycles. The molecule has 0 bridgehead atoms. The van der Waals surface area contributed by atoms with Crippen LogP contribution >= 0.6 is 0 Å². The highest BCUT2D eigenvalue weighted by Gasteiger charge is 2.04. The molecule has 0 aliphatic carbocycles. The Labute approximate surface area is 85.4 Å². The molecule has 1 heteroatoms. The zero-order chi connectivity index (χ0) is 10.1. The molecule has 14 heavy (non-hydrogen) atoms. The summed E-state index contributed by atoms with van der Waals surface area (Å²) < 4.78 is 2.22.